The number of ether oxygens (including phenoxy) is 1. The van der Waals surface area contributed by atoms with Crippen molar-refractivity contribution in [3.8, 4) is 0 Å². The molecule has 0 spiro atoms. The molecule has 1 unspecified atom stereocenters. The van der Waals surface area contributed by atoms with Gasteiger partial charge in [-0.05, 0) is 20.4 Å². The predicted octanol–water partition coefficient (Wildman–Crippen LogP) is 1.25. The highest BCUT2D eigenvalue weighted by atomic mass is 16.5. The molecule has 1 heterocycles. The molecule has 1 N–H and O–H groups in total. The highest BCUT2D eigenvalue weighted by Crippen LogP contribution is 2.15. The van der Waals surface area contributed by atoms with Gasteiger partial charge in [0, 0.05) is 38.2 Å². The van der Waals surface area contributed by atoms with Gasteiger partial charge in [-0.15, -0.1) is 0 Å². The molecule has 1 aromatic heterocycles. The van der Waals surface area contributed by atoms with Gasteiger partial charge in [0.2, 0.25) is 0 Å². The molecule has 0 aliphatic rings. The molecule has 0 saturated heterocycles. The molecule has 1 atom stereocenters. The third kappa shape index (κ3) is 3.98. The summed E-state index contributed by atoms with van der Waals surface area (Å²) in [6.45, 7) is 7.85. The molecule has 1 rings (SSSR count). The minimum atomic E-state index is -0.251. The monoisotopic (exact) mass is 238 g/mol. The second-order valence-electron chi connectivity index (χ2n) is 4.65. The normalized spacial score (nSPS) is 13.6. The third-order valence-corrected chi connectivity index (χ3v) is 3.07. The lowest BCUT2D eigenvalue weighted by Crippen LogP contribution is -2.50. The Labute approximate surface area is 103 Å². The van der Waals surface area contributed by atoms with Gasteiger partial charge in [-0.3, -0.25) is 4.79 Å². The van der Waals surface area contributed by atoms with Crippen LogP contribution in [0.15, 0.2) is 29.3 Å². The molecular weight excluding hydrogens is 216 g/mol. The van der Waals surface area contributed by atoms with Gasteiger partial charge in [0.1, 0.15) is 0 Å². The Morgan fingerprint density at radius 1 is 1.41 bits per heavy atom. The van der Waals surface area contributed by atoms with Crippen molar-refractivity contribution in [1.29, 1.82) is 0 Å². The van der Waals surface area contributed by atoms with Crippen LogP contribution in [0.3, 0.4) is 0 Å². The van der Waals surface area contributed by atoms with Gasteiger partial charge in [-0.25, -0.2) is 0 Å². The van der Waals surface area contributed by atoms with E-state index in [9.17, 15) is 4.79 Å². The van der Waals surface area contributed by atoms with Gasteiger partial charge in [0.15, 0.2) is 5.43 Å². The Morgan fingerprint density at radius 2 is 2.00 bits per heavy atom. The van der Waals surface area contributed by atoms with Crippen molar-refractivity contribution >= 4 is 0 Å². The van der Waals surface area contributed by atoms with Crippen LogP contribution in [0.5, 0.6) is 0 Å². The van der Waals surface area contributed by atoms with Gasteiger partial charge in [0.25, 0.3) is 0 Å². The average Bonchev–Trinajstić information content (AvgIpc) is 2.31. The van der Waals surface area contributed by atoms with Crippen LogP contribution in [0.2, 0.25) is 0 Å². The topological polar surface area (TPSA) is 43.3 Å². The number of hydrogen-bond acceptors (Lipinski definition) is 3. The smallest absolute Gasteiger partial charge is 0.181 e. The fourth-order valence-corrected chi connectivity index (χ4v) is 1.70. The van der Waals surface area contributed by atoms with Crippen LogP contribution in [-0.4, -0.2) is 29.9 Å². The van der Waals surface area contributed by atoms with Crippen LogP contribution < -0.4 is 10.7 Å². The average molecular weight is 238 g/mol. The van der Waals surface area contributed by atoms with Crippen molar-refractivity contribution < 1.29 is 4.74 Å². The van der Waals surface area contributed by atoms with E-state index < -0.39 is 0 Å². The second-order valence-corrected chi connectivity index (χ2v) is 4.65. The van der Waals surface area contributed by atoms with E-state index in [1.54, 1.807) is 31.6 Å². The van der Waals surface area contributed by atoms with Crippen LogP contribution in [0, 0.1) is 0 Å². The number of methoxy groups -OCH3 is 1. The van der Waals surface area contributed by atoms with Crippen molar-refractivity contribution in [1.82, 2.24) is 9.88 Å². The summed E-state index contributed by atoms with van der Waals surface area (Å²) in [5, 5.41) is 3.41. The molecule has 96 valence electrons. The van der Waals surface area contributed by atoms with Gasteiger partial charge in [-0.2, -0.15) is 0 Å². The number of pyridine rings is 1. The molecule has 17 heavy (non-hydrogen) atoms. The zero-order valence-electron chi connectivity index (χ0n) is 11.1. The fraction of sp³-hybridized carbons (Fsp3) is 0.615. The van der Waals surface area contributed by atoms with E-state index in [1.807, 2.05) is 4.57 Å². The lowest BCUT2D eigenvalue weighted by molar-refractivity contribution is -0.0145. The number of nitrogens with zero attached hydrogens (tertiary/aromatic N) is 1. The van der Waals surface area contributed by atoms with E-state index in [0.29, 0.717) is 0 Å². The van der Waals surface area contributed by atoms with Crippen molar-refractivity contribution in [2.75, 3.05) is 13.7 Å². The maximum absolute atomic E-state index is 11.0. The van der Waals surface area contributed by atoms with Gasteiger partial charge in [0.05, 0.1) is 11.6 Å². The van der Waals surface area contributed by atoms with E-state index in [4.69, 9.17) is 4.74 Å². The zero-order valence-corrected chi connectivity index (χ0v) is 11.1. The first-order valence-corrected chi connectivity index (χ1v) is 5.94. The Hall–Kier alpha value is -1.13. The minimum absolute atomic E-state index is 0.0345. The van der Waals surface area contributed by atoms with Crippen LogP contribution >= 0.6 is 0 Å². The summed E-state index contributed by atoms with van der Waals surface area (Å²) in [5.74, 6) is 0. The molecule has 0 bridgehead atoms. The summed E-state index contributed by atoms with van der Waals surface area (Å²) in [6, 6.07) is 3.34. The summed E-state index contributed by atoms with van der Waals surface area (Å²) in [7, 11) is 1.72. The predicted molar refractivity (Wildman–Crippen MR) is 69.3 cm³/mol. The molecule has 4 nitrogen and oxygen atoms in total. The number of hydrogen-bond donors (Lipinski definition) is 1. The van der Waals surface area contributed by atoms with Crippen LogP contribution in [0.25, 0.3) is 0 Å². The van der Waals surface area contributed by atoms with E-state index >= 15 is 0 Å². The van der Waals surface area contributed by atoms with Crippen molar-refractivity contribution in [2.24, 2.45) is 0 Å². The van der Waals surface area contributed by atoms with Crippen LogP contribution in [0.4, 0.5) is 0 Å². The molecule has 0 amide bonds. The fourth-order valence-electron chi connectivity index (χ4n) is 1.70. The molecular formula is C13H22N2O2. The van der Waals surface area contributed by atoms with Crippen molar-refractivity contribution in [2.45, 2.75) is 39.0 Å². The molecule has 0 radical (unpaired) electrons. The second kappa shape index (κ2) is 5.98. The highest BCUT2D eigenvalue weighted by Gasteiger charge is 2.28. The van der Waals surface area contributed by atoms with Gasteiger partial charge >= 0.3 is 0 Å². The Bertz CT molecular complexity index is 378. The highest BCUT2D eigenvalue weighted by molar-refractivity contribution is 4.95. The minimum Gasteiger partial charge on any atom is -0.377 e. The van der Waals surface area contributed by atoms with E-state index in [2.05, 4.69) is 26.1 Å². The maximum atomic E-state index is 11.0. The van der Waals surface area contributed by atoms with E-state index in [1.165, 1.54) is 0 Å². The van der Waals surface area contributed by atoms with Crippen LogP contribution in [0.1, 0.15) is 20.8 Å². The molecule has 0 aromatic carbocycles. The number of likely N-dealkylation sites (N-methyl/N-ethyl adjacent to an activating group) is 1. The first-order chi connectivity index (χ1) is 7.99. The first kappa shape index (κ1) is 13.9. The summed E-state index contributed by atoms with van der Waals surface area (Å²) >= 11 is 0. The summed E-state index contributed by atoms with van der Waals surface area (Å²) in [6.07, 6.45) is 3.61. The first-order valence-electron chi connectivity index (χ1n) is 5.94. The Balaban J connectivity index is 2.79. The quantitative estimate of drug-likeness (QED) is 0.811. The standard InChI is InChI=1S/C13H22N2O2/c1-5-14-12(13(2,3)17-4)10-15-8-6-11(16)7-9-15/h6-9,12,14H,5,10H2,1-4H3. The zero-order chi connectivity index (χ0) is 12.9. The van der Waals surface area contributed by atoms with Gasteiger partial charge in [-0.1, -0.05) is 6.92 Å². The summed E-state index contributed by atoms with van der Waals surface area (Å²) < 4.78 is 7.51. The SMILES string of the molecule is CCNC(Cn1ccc(=O)cc1)C(C)(C)OC. The molecule has 0 fully saturated rings. The third-order valence-electron chi connectivity index (χ3n) is 3.07. The summed E-state index contributed by atoms with van der Waals surface area (Å²) in [4.78, 5) is 11.0. The van der Waals surface area contributed by atoms with Gasteiger partial charge < -0.3 is 14.6 Å². The molecule has 0 aliphatic heterocycles. The molecule has 0 aliphatic carbocycles. The van der Waals surface area contributed by atoms with E-state index in [0.717, 1.165) is 13.1 Å². The molecule has 1 aromatic rings. The Kier molecular flexibility index (Phi) is 4.90. The van der Waals surface area contributed by atoms with E-state index in [-0.39, 0.29) is 17.1 Å². The lowest BCUT2D eigenvalue weighted by atomic mass is 9.98. The van der Waals surface area contributed by atoms with Crippen molar-refractivity contribution in [3.05, 3.63) is 34.7 Å². The van der Waals surface area contributed by atoms with Crippen LogP contribution in [-0.2, 0) is 11.3 Å². The maximum Gasteiger partial charge on any atom is 0.181 e. The lowest BCUT2D eigenvalue weighted by Gasteiger charge is -2.34. The summed E-state index contributed by atoms with van der Waals surface area (Å²) in [5.41, 5.74) is -0.216. The largest absolute Gasteiger partial charge is 0.377 e. The molecule has 0 saturated carbocycles. The molecule has 4 heteroatoms. The van der Waals surface area contributed by atoms with Crippen molar-refractivity contribution in [3.63, 3.8) is 0 Å². The number of aromatic nitrogens is 1. The number of nitrogens with one attached hydrogen (secondary N) is 1. The Morgan fingerprint density at radius 3 is 2.47 bits per heavy atom. The number of rotatable bonds is 6.